The van der Waals surface area contributed by atoms with Crippen LogP contribution in [-0.4, -0.2) is 17.1 Å². The van der Waals surface area contributed by atoms with Gasteiger partial charge in [0.15, 0.2) is 0 Å². The molecule has 90 valence electrons. The maximum absolute atomic E-state index is 9.30. The van der Waals surface area contributed by atoms with E-state index >= 15 is 0 Å². The molecule has 1 heterocycles. The lowest BCUT2D eigenvalue weighted by molar-refractivity contribution is 0.282. The van der Waals surface area contributed by atoms with Gasteiger partial charge >= 0.3 is 0 Å². The van der Waals surface area contributed by atoms with Crippen molar-refractivity contribution in [2.45, 2.75) is 20.1 Å². The second kappa shape index (κ2) is 5.29. The lowest BCUT2D eigenvalue weighted by Crippen LogP contribution is -2.18. The summed E-state index contributed by atoms with van der Waals surface area (Å²) in [6.45, 7) is 2.84. The summed E-state index contributed by atoms with van der Waals surface area (Å²) in [5.74, 6) is 0. The molecule has 3 nitrogen and oxygen atoms in total. The van der Waals surface area contributed by atoms with Crippen LogP contribution in [0.4, 0.5) is 5.69 Å². The normalized spacial score (nSPS) is 10.5. The zero-order valence-corrected chi connectivity index (χ0v) is 10.9. The average Bonchev–Trinajstić information content (AvgIpc) is 2.74. The van der Waals surface area contributed by atoms with Crippen molar-refractivity contribution in [2.75, 3.05) is 11.9 Å². The first-order chi connectivity index (χ1) is 8.20. The molecule has 0 aliphatic carbocycles. The van der Waals surface area contributed by atoms with Gasteiger partial charge in [-0.3, -0.25) is 0 Å². The number of aliphatic hydroxyl groups excluding tert-OH is 1. The number of para-hydroxylation sites is 1. The SMILES string of the molecule is Cc1nc(CN(C)c2ccccc2CO)cs1. The number of thiazole rings is 1. The van der Waals surface area contributed by atoms with Gasteiger partial charge in [-0.2, -0.15) is 0 Å². The van der Waals surface area contributed by atoms with Gasteiger partial charge in [0.25, 0.3) is 0 Å². The molecule has 0 aliphatic rings. The second-order valence-electron chi connectivity index (χ2n) is 4.00. The van der Waals surface area contributed by atoms with Crippen molar-refractivity contribution in [3.63, 3.8) is 0 Å². The van der Waals surface area contributed by atoms with E-state index in [4.69, 9.17) is 0 Å². The molecule has 17 heavy (non-hydrogen) atoms. The van der Waals surface area contributed by atoms with Crippen LogP contribution < -0.4 is 4.90 Å². The lowest BCUT2D eigenvalue weighted by Gasteiger charge is -2.20. The fourth-order valence-corrected chi connectivity index (χ4v) is 2.43. The number of aliphatic hydroxyl groups is 1. The van der Waals surface area contributed by atoms with Crippen LogP contribution in [-0.2, 0) is 13.2 Å². The van der Waals surface area contributed by atoms with E-state index in [-0.39, 0.29) is 6.61 Å². The summed E-state index contributed by atoms with van der Waals surface area (Å²) < 4.78 is 0. The molecule has 1 aromatic carbocycles. The summed E-state index contributed by atoms with van der Waals surface area (Å²) in [5.41, 5.74) is 3.07. The van der Waals surface area contributed by atoms with Crippen molar-refractivity contribution < 1.29 is 5.11 Å². The van der Waals surface area contributed by atoms with Gasteiger partial charge in [-0.05, 0) is 13.0 Å². The first kappa shape index (κ1) is 12.1. The quantitative estimate of drug-likeness (QED) is 0.903. The topological polar surface area (TPSA) is 36.4 Å². The minimum absolute atomic E-state index is 0.0661. The molecule has 0 atom stereocenters. The van der Waals surface area contributed by atoms with Crippen LogP contribution >= 0.6 is 11.3 Å². The van der Waals surface area contributed by atoms with Crippen LogP contribution in [0, 0.1) is 6.92 Å². The summed E-state index contributed by atoms with van der Waals surface area (Å²) in [6.07, 6.45) is 0. The van der Waals surface area contributed by atoms with E-state index in [1.165, 1.54) is 0 Å². The molecule has 2 aromatic rings. The molecule has 1 N–H and O–H groups in total. The third-order valence-corrected chi connectivity index (χ3v) is 3.46. The lowest BCUT2D eigenvalue weighted by atomic mass is 10.1. The molecule has 0 bridgehead atoms. The molecule has 4 heteroatoms. The molecule has 0 amide bonds. The smallest absolute Gasteiger partial charge is 0.0898 e. The van der Waals surface area contributed by atoms with Crippen molar-refractivity contribution in [3.8, 4) is 0 Å². The highest BCUT2D eigenvalue weighted by atomic mass is 32.1. The first-order valence-electron chi connectivity index (χ1n) is 5.51. The van der Waals surface area contributed by atoms with Crippen molar-refractivity contribution in [3.05, 3.63) is 45.9 Å². The van der Waals surface area contributed by atoms with Crippen molar-refractivity contribution >= 4 is 17.0 Å². The first-order valence-corrected chi connectivity index (χ1v) is 6.39. The Kier molecular flexibility index (Phi) is 3.76. The Morgan fingerprint density at radius 2 is 2.12 bits per heavy atom. The van der Waals surface area contributed by atoms with Crippen LogP contribution in [0.25, 0.3) is 0 Å². The molecule has 1 aromatic heterocycles. The number of hydrogen-bond acceptors (Lipinski definition) is 4. The molecule has 0 saturated carbocycles. The summed E-state index contributed by atoms with van der Waals surface area (Å²) in [6, 6.07) is 7.89. The van der Waals surface area contributed by atoms with Crippen LogP contribution in [0.3, 0.4) is 0 Å². The predicted octanol–water partition coefficient (Wildman–Crippen LogP) is 2.58. The van der Waals surface area contributed by atoms with Gasteiger partial charge in [0.1, 0.15) is 0 Å². The second-order valence-corrected chi connectivity index (χ2v) is 5.06. The van der Waals surface area contributed by atoms with E-state index in [1.807, 2.05) is 38.2 Å². The Hall–Kier alpha value is -1.39. The van der Waals surface area contributed by atoms with Crippen LogP contribution in [0.2, 0.25) is 0 Å². The molecule has 0 unspecified atom stereocenters. The number of anilines is 1. The van der Waals surface area contributed by atoms with Gasteiger partial charge in [-0.15, -0.1) is 11.3 Å². The van der Waals surface area contributed by atoms with Crippen LogP contribution in [0.1, 0.15) is 16.3 Å². The Morgan fingerprint density at radius 3 is 2.76 bits per heavy atom. The Labute approximate surface area is 105 Å². The largest absolute Gasteiger partial charge is 0.392 e. The highest BCUT2D eigenvalue weighted by molar-refractivity contribution is 7.09. The van der Waals surface area contributed by atoms with Gasteiger partial charge in [-0.25, -0.2) is 4.98 Å². The Morgan fingerprint density at radius 1 is 1.35 bits per heavy atom. The maximum Gasteiger partial charge on any atom is 0.0898 e. The highest BCUT2D eigenvalue weighted by Crippen LogP contribution is 2.21. The van der Waals surface area contributed by atoms with Gasteiger partial charge in [0, 0.05) is 23.7 Å². The third-order valence-electron chi connectivity index (χ3n) is 2.64. The third kappa shape index (κ3) is 2.84. The average molecular weight is 248 g/mol. The van der Waals surface area contributed by atoms with Crippen molar-refractivity contribution in [1.29, 1.82) is 0 Å². The Bertz CT molecular complexity index is 496. The zero-order chi connectivity index (χ0) is 12.3. The van der Waals surface area contributed by atoms with E-state index in [9.17, 15) is 5.11 Å². The summed E-state index contributed by atoms with van der Waals surface area (Å²) in [4.78, 5) is 6.56. The zero-order valence-electron chi connectivity index (χ0n) is 10.1. The summed E-state index contributed by atoms with van der Waals surface area (Å²) in [5, 5.41) is 12.5. The Balaban J connectivity index is 2.16. The van der Waals surface area contributed by atoms with E-state index in [1.54, 1.807) is 11.3 Å². The molecular formula is C13H16N2OS. The number of rotatable bonds is 4. The van der Waals surface area contributed by atoms with Crippen molar-refractivity contribution in [2.24, 2.45) is 0 Å². The number of hydrogen-bond donors (Lipinski definition) is 1. The van der Waals surface area contributed by atoms with E-state index in [0.29, 0.717) is 0 Å². The van der Waals surface area contributed by atoms with Gasteiger partial charge in [0.2, 0.25) is 0 Å². The van der Waals surface area contributed by atoms with Crippen molar-refractivity contribution in [1.82, 2.24) is 4.98 Å². The fourth-order valence-electron chi connectivity index (χ4n) is 1.83. The minimum atomic E-state index is 0.0661. The highest BCUT2D eigenvalue weighted by Gasteiger charge is 2.08. The molecule has 0 saturated heterocycles. The molecule has 0 radical (unpaired) electrons. The predicted molar refractivity (Wildman–Crippen MR) is 71.3 cm³/mol. The summed E-state index contributed by atoms with van der Waals surface area (Å²) >= 11 is 1.66. The number of aromatic nitrogens is 1. The molecule has 0 fully saturated rings. The molecular weight excluding hydrogens is 232 g/mol. The van der Waals surface area contributed by atoms with E-state index < -0.39 is 0 Å². The van der Waals surface area contributed by atoms with E-state index in [0.717, 1.165) is 28.5 Å². The molecule has 2 rings (SSSR count). The van der Waals surface area contributed by atoms with Gasteiger partial charge in [0.05, 0.1) is 23.9 Å². The van der Waals surface area contributed by atoms with Crippen LogP contribution in [0.15, 0.2) is 29.6 Å². The summed E-state index contributed by atoms with van der Waals surface area (Å²) in [7, 11) is 2.02. The van der Waals surface area contributed by atoms with E-state index in [2.05, 4.69) is 15.3 Å². The fraction of sp³-hybridized carbons (Fsp3) is 0.308. The standard InChI is InChI=1S/C13H16N2OS/c1-10-14-12(9-17-10)7-15(2)13-6-4-3-5-11(13)8-16/h3-6,9,16H,7-8H2,1-2H3. The number of nitrogens with zero attached hydrogens (tertiary/aromatic N) is 2. The van der Waals surface area contributed by atoms with Gasteiger partial charge < -0.3 is 10.0 Å². The number of benzene rings is 1. The van der Waals surface area contributed by atoms with Gasteiger partial charge in [-0.1, -0.05) is 18.2 Å². The molecule has 0 aliphatic heterocycles. The monoisotopic (exact) mass is 248 g/mol. The maximum atomic E-state index is 9.30. The minimum Gasteiger partial charge on any atom is -0.392 e. The number of aryl methyl sites for hydroxylation is 1. The van der Waals surface area contributed by atoms with Crippen LogP contribution in [0.5, 0.6) is 0 Å². The molecule has 0 spiro atoms.